The maximum Gasteiger partial charge on any atom is 0.363 e. The molecule has 3 rings (SSSR count). The molecule has 1 heterocycles. The average Bonchev–Trinajstić information content (AvgIpc) is 2.91. The normalized spacial score (nSPS) is 15.3. The number of para-hydroxylation sites is 1. The van der Waals surface area contributed by atoms with Crippen molar-refractivity contribution >= 4 is 23.9 Å². The van der Waals surface area contributed by atoms with Gasteiger partial charge in [-0.15, -0.1) is 0 Å². The van der Waals surface area contributed by atoms with Gasteiger partial charge in [-0.05, 0) is 24.3 Å². The molecule has 5 nitrogen and oxygen atoms in total. The van der Waals surface area contributed by atoms with E-state index in [1.807, 2.05) is 30.3 Å². The van der Waals surface area contributed by atoms with Gasteiger partial charge in [-0.25, -0.2) is 9.79 Å². The molecule has 1 aliphatic heterocycles. The summed E-state index contributed by atoms with van der Waals surface area (Å²) in [5, 5.41) is 0. The fraction of sp³-hybridized carbons (Fsp3) is 0.0556. The molecule has 0 saturated heterocycles. The second-order valence-corrected chi connectivity index (χ2v) is 4.83. The summed E-state index contributed by atoms with van der Waals surface area (Å²) in [6, 6.07) is 16.1. The van der Waals surface area contributed by atoms with E-state index in [0.717, 1.165) is 5.56 Å². The number of benzene rings is 2. The minimum Gasteiger partial charge on any atom is -0.426 e. The zero-order valence-corrected chi connectivity index (χ0v) is 12.4. The Kier molecular flexibility index (Phi) is 4.01. The summed E-state index contributed by atoms with van der Waals surface area (Å²) in [6.07, 6.45) is 1.54. The molecule has 2 aromatic carbocycles. The van der Waals surface area contributed by atoms with E-state index in [9.17, 15) is 9.59 Å². The van der Waals surface area contributed by atoms with E-state index in [4.69, 9.17) is 9.47 Å². The summed E-state index contributed by atoms with van der Waals surface area (Å²) in [5.74, 6) is -0.352. The number of cyclic esters (lactones) is 1. The van der Waals surface area contributed by atoms with Gasteiger partial charge < -0.3 is 9.47 Å². The molecule has 0 bridgehead atoms. The van der Waals surface area contributed by atoms with Crippen LogP contribution in [-0.4, -0.2) is 17.8 Å². The molecule has 2 aromatic rings. The first-order valence-corrected chi connectivity index (χ1v) is 6.99. The van der Waals surface area contributed by atoms with Gasteiger partial charge in [-0.3, -0.25) is 4.79 Å². The van der Waals surface area contributed by atoms with Gasteiger partial charge >= 0.3 is 11.9 Å². The molecule has 0 fully saturated rings. The SMILES string of the molecule is CC(=O)Oc1ccccc1C=C1N=C(c2ccccc2)OC1=O. The third kappa shape index (κ3) is 3.35. The van der Waals surface area contributed by atoms with Crippen molar-refractivity contribution in [2.45, 2.75) is 6.92 Å². The third-order valence-electron chi connectivity index (χ3n) is 3.11. The van der Waals surface area contributed by atoms with Crippen LogP contribution in [0.2, 0.25) is 0 Å². The summed E-state index contributed by atoms with van der Waals surface area (Å²) in [4.78, 5) is 27.3. The topological polar surface area (TPSA) is 65.0 Å². The van der Waals surface area contributed by atoms with Crippen LogP contribution in [0.15, 0.2) is 65.3 Å². The first-order valence-electron chi connectivity index (χ1n) is 6.99. The molecule has 0 aliphatic carbocycles. The fourth-order valence-corrected chi connectivity index (χ4v) is 2.11. The van der Waals surface area contributed by atoms with Gasteiger partial charge in [0.05, 0.1) is 0 Å². The highest BCUT2D eigenvalue weighted by Crippen LogP contribution is 2.24. The van der Waals surface area contributed by atoms with Crippen molar-refractivity contribution in [2.24, 2.45) is 4.99 Å². The summed E-state index contributed by atoms with van der Waals surface area (Å²) >= 11 is 0. The van der Waals surface area contributed by atoms with Crippen molar-refractivity contribution in [3.05, 3.63) is 71.4 Å². The number of hydrogen-bond donors (Lipinski definition) is 0. The quantitative estimate of drug-likeness (QED) is 0.497. The highest BCUT2D eigenvalue weighted by Gasteiger charge is 2.24. The monoisotopic (exact) mass is 307 g/mol. The van der Waals surface area contributed by atoms with Crippen LogP contribution in [0.3, 0.4) is 0 Å². The zero-order valence-electron chi connectivity index (χ0n) is 12.4. The molecule has 0 N–H and O–H groups in total. The smallest absolute Gasteiger partial charge is 0.363 e. The third-order valence-corrected chi connectivity index (χ3v) is 3.11. The largest absolute Gasteiger partial charge is 0.426 e. The fourth-order valence-electron chi connectivity index (χ4n) is 2.11. The minimum absolute atomic E-state index is 0.156. The molecule has 1 aliphatic rings. The Bertz CT molecular complexity index is 822. The van der Waals surface area contributed by atoms with Crippen molar-refractivity contribution in [1.82, 2.24) is 0 Å². The maximum absolute atomic E-state index is 12.0. The van der Waals surface area contributed by atoms with E-state index in [-0.39, 0.29) is 11.6 Å². The van der Waals surface area contributed by atoms with Gasteiger partial charge in [0.15, 0.2) is 5.70 Å². The van der Waals surface area contributed by atoms with E-state index in [0.29, 0.717) is 11.3 Å². The van der Waals surface area contributed by atoms with Crippen LogP contribution in [0.5, 0.6) is 5.75 Å². The number of rotatable bonds is 3. The van der Waals surface area contributed by atoms with Crippen molar-refractivity contribution in [2.75, 3.05) is 0 Å². The number of ether oxygens (including phenoxy) is 2. The van der Waals surface area contributed by atoms with E-state index in [2.05, 4.69) is 4.99 Å². The van der Waals surface area contributed by atoms with E-state index < -0.39 is 11.9 Å². The highest BCUT2D eigenvalue weighted by molar-refractivity contribution is 6.12. The predicted molar refractivity (Wildman–Crippen MR) is 84.8 cm³/mol. The molecule has 0 spiro atoms. The summed E-state index contributed by atoms with van der Waals surface area (Å²) in [7, 11) is 0. The number of esters is 2. The van der Waals surface area contributed by atoms with Crippen LogP contribution in [0.25, 0.3) is 6.08 Å². The molecular formula is C18H13NO4. The van der Waals surface area contributed by atoms with Gasteiger partial charge in [-0.2, -0.15) is 0 Å². The molecule has 0 unspecified atom stereocenters. The van der Waals surface area contributed by atoms with Gasteiger partial charge in [-0.1, -0.05) is 36.4 Å². The second-order valence-electron chi connectivity index (χ2n) is 4.83. The molecule has 0 radical (unpaired) electrons. The van der Waals surface area contributed by atoms with Crippen molar-refractivity contribution in [3.8, 4) is 5.75 Å². The lowest BCUT2D eigenvalue weighted by atomic mass is 10.1. The molecule has 0 amide bonds. The lowest BCUT2D eigenvalue weighted by Crippen LogP contribution is -2.05. The molecule has 0 aromatic heterocycles. The molecule has 0 saturated carbocycles. The van der Waals surface area contributed by atoms with Crippen molar-refractivity contribution < 1.29 is 19.1 Å². The van der Waals surface area contributed by atoms with Gasteiger partial charge in [0.25, 0.3) is 0 Å². The van der Waals surface area contributed by atoms with Gasteiger partial charge in [0.2, 0.25) is 5.90 Å². The van der Waals surface area contributed by atoms with Crippen molar-refractivity contribution in [3.63, 3.8) is 0 Å². The lowest BCUT2D eigenvalue weighted by molar-refractivity contribution is -0.132. The number of hydrogen-bond acceptors (Lipinski definition) is 5. The Morgan fingerprint density at radius 1 is 1.09 bits per heavy atom. The number of carbonyl (C=O) groups excluding carboxylic acids is 2. The van der Waals surface area contributed by atoms with Crippen LogP contribution in [-0.2, 0) is 14.3 Å². The Balaban J connectivity index is 1.95. The first-order chi connectivity index (χ1) is 11.1. The summed E-state index contributed by atoms with van der Waals surface area (Å²) in [6.45, 7) is 1.32. The van der Waals surface area contributed by atoms with Crippen molar-refractivity contribution in [1.29, 1.82) is 0 Å². The van der Waals surface area contributed by atoms with Crippen LogP contribution in [0.4, 0.5) is 0 Å². The standard InChI is InChI=1S/C18H13NO4/c1-12(20)22-16-10-6-5-9-14(16)11-15-18(21)23-17(19-15)13-7-3-2-4-8-13/h2-11H,1H3. The number of aliphatic imine (C=N–C) groups is 1. The molecule has 114 valence electrons. The Hall–Kier alpha value is -3.21. The molecule has 0 atom stereocenters. The average molecular weight is 307 g/mol. The molecule has 5 heteroatoms. The maximum atomic E-state index is 12.0. The van der Waals surface area contributed by atoms with Gasteiger partial charge in [0, 0.05) is 18.1 Å². The molecular weight excluding hydrogens is 294 g/mol. The number of carbonyl (C=O) groups is 2. The molecule has 23 heavy (non-hydrogen) atoms. The second kappa shape index (κ2) is 6.27. The van der Waals surface area contributed by atoms with Crippen LogP contribution < -0.4 is 4.74 Å². The Morgan fingerprint density at radius 2 is 1.78 bits per heavy atom. The number of nitrogens with zero attached hydrogens (tertiary/aromatic N) is 1. The summed E-state index contributed by atoms with van der Waals surface area (Å²) in [5.41, 5.74) is 1.45. The van der Waals surface area contributed by atoms with Crippen LogP contribution >= 0.6 is 0 Å². The summed E-state index contributed by atoms with van der Waals surface area (Å²) < 4.78 is 10.3. The van der Waals surface area contributed by atoms with E-state index in [1.165, 1.54) is 13.0 Å². The van der Waals surface area contributed by atoms with Crippen LogP contribution in [0.1, 0.15) is 18.1 Å². The van der Waals surface area contributed by atoms with E-state index >= 15 is 0 Å². The van der Waals surface area contributed by atoms with Crippen LogP contribution in [0, 0.1) is 0 Å². The zero-order chi connectivity index (χ0) is 16.2. The first kappa shape index (κ1) is 14.7. The van der Waals surface area contributed by atoms with E-state index in [1.54, 1.807) is 24.3 Å². The lowest BCUT2D eigenvalue weighted by Gasteiger charge is -2.04. The van der Waals surface area contributed by atoms with Gasteiger partial charge in [0.1, 0.15) is 5.75 Å². The Morgan fingerprint density at radius 3 is 2.52 bits per heavy atom. The highest BCUT2D eigenvalue weighted by atomic mass is 16.6. The Labute approximate surface area is 132 Å². The minimum atomic E-state index is -0.540. The predicted octanol–water partition coefficient (Wildman–Crippen LogP) is 2.96.